The molecule has 94 valence electrons. The number of carbonyl (C=O) groups is 1. The van der Waals surface area contributed by atoms with Crippen LogP contribution in [-0.4, -0.2) is 17.6 Å². The molecule has 0 atom stereocenters. The maximum Gasteiger partial charge on any atom is 0.340 e. The minimum atomic E-state index is -0.143. The number of H-pyrrole nitrogens is 1. The van der Waals surface area contributed by atoms with Gasteiger partial charge in [0, 0.05) is 11.4 Å². The van der Waals surface area contributed by atoms with Gasteiger partial charge >= 0.3 is 5.97 Å². The van der Waals surface area contributed by atoms with Gasteiger partial charge in [0.25, 0.3) is 0 Å². The first-order valence-electron chi connectivity index (χ1n) is 6.67. The number of aryl methyl sites for hydroxylation is 2. The van der Waals surface area contributed by atoms with Crippen LogP contribution in [0.3, 0.4) is 0 Å². The molecule has 2 rings (SSSR count). The van der Waals surface area contributed by atoms with E-state index in [1.807, 2.05) is 6.92 Å². The van der Waals surface area contributed by atoms with Gasteiger partial charge in [0.15, 0.2) is 0 Å². The second-order valence-corrected chi connectivity index (χ2v) is 4.61. The average molecular weight is 235 g/mol. The molecule has 3 heteroatoms. The molecular weight excluding hydrogens is 214 g/mol. The molecule has 1 N–H and O–H groups in total. The Morgan fingerprint density at radius 3 is 2.76 bits per heavy atom. The van der Waals surface area contributed by atoms with Gasteiger partial charge in [0.1, 0.15) is 0 Å². The fourth-order valence-electron chi connectivity index (χ4n) is 2.63. The Kier molecular flexibility index (Phi) is 3.87. The fourth-order valence-corrected chi connectivity index (χ4v) is 2.63. The van der Waals surface area contributed by atoms with E-state index in [0.29, 0.717) is 6.61 Å². The van der Waals surface area contributed by atoms with E-state index in [9.17, 15) is 4.79 Å². The summed E-state index contributed by atoms with van der Waals surface area (Å²) in [4.78, 5) is 15.5. The topological polar surface area (TPSA) is 42.1 Å². The van der Waals surface area contributed by atoms with Gasteiger partial charge in [0.2, 0.25) is 0 Å². The van der Waals surface area contributed by atoms with Crippen molar-refractivity contribution >= 4 is 5.97 Å². The minimum Gasteiger partial charge on any atom is -0.462 e. The predicted octanol–water partition coefficient (Wildman–Crippen LogP) is 3.02. The smallest absolute Gasteiger partial charge is 0.340 e. The molecule has 1 aliphatic carbocycles. The third-order valence-corrected chi connectivity index (χ3v) is 3.35. The minimum absolute atomic E-state index is 0.143. The van der Waals surface area contributed by atoms with Crippen LogP contribution in [0.4, 0.5) is 0 Å². The average Bonchev–Trinajstić information content (AvgIpc) is 2.67. The predicted molar refractivity (Wildman–Crippen MR) is 67.4 cm³/mol. The Morgan fingerprint density at radius 1 is 1.29 bits per heavy atom. The Hall–Kier alpha value is -1.25. The maximum atomic E-state index is 12.0. The zero-order valence-electron chi connectivity index (χ0n) is 10.8. The number of hydrogen-bond acceptors (Lipinski definition) is 2. The summed E-state index contributed by atoms with van der Waals surface area (Å²) in [6, 6.07) is 0. The number of nitrogens with one attached hydrogen (secondary N) is 1. The standard InChI is InChI=1S/C14H21NO2/c1-3-7-12-13(14(16)17-4-2)10-8-5-6-9-11(10)15-12/h15H,3-9H2,1-2H3. The highest BCUT2D eigenvalue weighted by Crippen LogP contribution is 2.28. The van der Waals surface area contributed by atoms with Crippen molar-refractivity contribution in [1.29, 1.82) is 0 Å². The van der Waals surface area contributed by atoms with Gasteiger partial charge in [-0.3, -0.25) is 0 Å². The summed E-state index contributed by atoms with van der Waals surface area (Å²) in [7, 11) is 0. The molecule has 0 unspecified atom stereocenters. The van der Waals surface area contributed by atoms with Crippen LogP contribution in [-0.2, 0) is 24.0 Å². The van der Waals surface area contributed by atoms with E-state index in [2.05, 4.69) is 11.9 Å². The van der Waals surface area contributed by atoms with Crippen LogP contribution in [0, 0.1) is 0 Å². The number of rotatable bonds is 4. The van der Waals surface area contributed by atoms with Gasteiger partial charge in [-0.1, -0.05) is 13.3 Å². The van der Waals surface area contributed by atoms with Gasteiger partial charge in [-0.15, -0.1) is 0 Å². The first-order chi connectivity index (χ1) is 8.27. The number of hydrogen-bond donors (Lipinski definition) is 1. The highest BCUT2D eigenvalue weighted by atomic mass is 16.5. The van der Waals surface area contributed by atoms with Crippen molar-refractivity contribution in [3.8, 4) is 0 Å². The molecule has 0 saturated heterocycles. The third-order valence-electron chi connectivity index (χ3n) is 3.35. The van der Waals surface area contributed by atoms with Gasteiger partial charge in [-0.25, -0.2) is 4.79 Å². The first-order valence-corrected chi connectivity index (χ1v) is 6.67. The largest absolute Gasteiger partial charge is 0.462 e. The lowest BCUT2D eigenvalue weighted by molar-refractivity contribution is 0.0524. The van der Waals surface area contributed by atoms with Gasteiger partial charge in [-0.05, 0) is 44.6 Å². The van der Waals surface area contributed by atoms with E-state index in [0.717, 1.165) is 36.9 Å². The summed E-state index contributed by atoms with van der Waals surface area (Å²) in [6.45, 7) is 4.44. The Labute approximate surface area is 103 Å². The molecule has 0 amide bonds. The number of fused-ring (bicyclic) bond motifs is 1. The molecule has 0 saturated carbocycles. The van der Waals surface area contributed by atoms with E-state index in [1.165, 1.54) is 24.1 Å². The molecule has 0 aromatic carbocycles. The zero-order chi connectivity index (χ0) is 12.3. The SMILES string of the molecule is CCCc1[nH]c2c(c1C(=O)OCC)CCCC2. The Morgan fingerprint density at radius 2 is 2.06 bits per heavy atom. The van der Waals surface area contributed by atoms with E-state index in [1.54, 1.807) is 0 Å². The molecule has 3 nitrogen and oxygen atoms in total. The second-order valence-electron chi connectivity index (χ2n) is 4.61. The normalized spacial score (nSPS) is 14.5. The van der Waals surface area contributed by atoms with Gasteiger partial charge in [0.05, 0.1) is 12.2 Å². The van der Waals surface area contributed by atoms with Crippen LogP contribution in [0.25, 0.3) is 0 Å². The van der Waals surface area contributed by atoms with Gasteiger partial charge < -0.3 is 9.72 Å². The molecular formula is C14H21NO2. The lowest BCUT2D eigenvalue weighted by Gasteiger charge is -2.12. The van der Waals surface area contributed by atoms with Crippen LogP contribution in [0.1, 0.15) is 60.4 Å². The quantitative estimate of drug-likeness (QED) is 0.815. The molecule has 1 aliphatic rings. The van der Waals surface area contributed by atoms with E-state index in [4.69, 9.17) is 4.74 Å². The third kappa shape index (κ3) is 2.38. The van der Waals surface area contributed by atoms with Crippen molar-refractivity contribution in [3.63, 3.8) is 0 Å². The molecule has 0 aliphatic heterocycles. The summed E-state index contributed by atoms with van der Waals surface area (Å²) >= 11 is 0. The lowest BCUT2D eigenvalue weighted by Crippen LogP contribution is -2.11. The van der Waals surface area contributed by atoms with Crippen molar-refractivity contribution < 1.29 is 9.53 Å². The highest BCUT2D eigenvalue weighted by Gasteiger charge is 2.24. The van der Waals surface area contributed by atoms with Crippen molar-refractivity contribution in [1.82, 2.24) is 4.98 Å². The zero-order valence-corrected chi connectivity index (χ0v) is 10.8. The number of aromatic nitrogens is 1. The molecule has 0 fully saturated rings. The van der Waals surface area contributed by atoms with Crippen molar-refractivity contribution in [2.45, 2.75) is 52.4 Å². The van der Waals surface area contributed by atoms with Crippen LogP contribution < -0.4 is 0 Å². The van der Waals surface area contributed by atoms with Crippen LogP contribution in [0.2, 0.25) is 0 Å². The molecule has 0 spiro atoms. The summed E-state index contributed by atoms with van der Waals surface area (Å²) < 4.78 is 5.18. The Bertz CT molecular complexity index is 407. The summed E-state index contributed by atoms with van der Waals surface area (Å²) in [6.07, 6.45) is 6.48. The molecule has 1 aromatic heterocycles. The Balaban J connectivity index is 2.38. The van der Waals surface area contributed by atoms with Crippen molar-refractivity contribution in [2.24, 2.45) is 0 Å². The lowest BCUT2D eigenvalue weighted by atomic mass is 9.94. The summed E-state index contributed by atoms with van der Waals surface area (Å²) in [5, 5.41) is 0. The van der Waals surface area contributed by atoms with Crippen LogP contribution >= 0.6 is 0 Å². The van der Waals surface area contributed by atoms with E-state index < -0.39 is 0 Å². The van der Waals surface area contributed by atoms with Gasteiger partial charge in [-0.2, -0.15) is 0 Å². The number of aromatic amines is 1. The van der Waals surface area contributed by atoms with Crippen molar-refractivity contribution in [3.05, 3.63) is 22.5 Å². The van der Waals surface area contributed by atoms with E-state index >= 15 is 0 Å². The molecule has 1 aromatic rings. The molecule has 17 heavy (non-hydrogen) atoms. The monoisotopic (exact) mass is 235 g/mol. The number of ether oxygens (including phenoxy) is 1. The van der Waals surface area contributed by atoms with Crippen molar-refractivity contribution in [2.75, 3.05) is 6.61 Å². The van der Waals surface area contributed by atoms with E-state index in [-0.39, 0.29) is 5.97 Å². The summed E-state index contributed by atoms with van der Waals surface area (Å²) in [5.41, 5.74) is 4.40. The number of esters is 1. The summed E-state index contributed by atoms with van der Waals surface area (Å²) in [5.74, 6) is -0.143. The van der Waals surface area contributed by atoms with Crippen LogP contribution in [0.15, 0.2) is 0 Å². The maximum absolute atomic E-state index is 12.0. The molecule has 0 radical (unpaired) electrons. The highest BCUT2D eigenvalue weighted by molar-refractivity contribution is 5.93. The van der Waals surface area contributed by atoms with Crippen LogP contribution in [0.5, 0.6) is 0 Å². The second kappa shape index (κ2) is 5.39. The number of carbonyl (C=O) groups excluding carboxylic acids is 1. The molecule has 1 heterocycles. The first kappa shape index (κ1) is 12.2. The molecule has 0 bridgehead atoms. The fraction of sp³-hybridized carbons (Fsp3) is 0.643.